The summed E-state index contributed by atoms with van der Waals surface area (Å²) >= 11 is 0. The summed E-state index contributed by atoms with van der Waals surface area (Å²) in [6.45, 7) is 3.47. The van der Waals surface area contributed by atoms with Crippen LogP contribution in [0.5, 0.6) is 17.2 Å². The van der Waals surface area contributed by atoms with E-state index in [-0.39, 0.29) is 23.2 Å². The van der Waals surface area contributed by atoms with Crippen LogP contribution in [0.4, 0.5) is 0 Å². The second-order valence-corrected chi connectivity index (χ2v) is 8.28. The average Bonchev–Trinajstić information content (AvgIpc) is 2.76. The first kappa shape index (κ1) is 24.6. The number of carbonyl (C=O) groups excluding carboxylic acids is 1. The third-order valence-corrected chi connectivity index (χ3v) is 5.61. The van der Waals surface area contributed by atoms with E-state index in [9.17, 15) is 20.1 Å². The van der Waals surface area contributed by atoms with Crippen LogP contribution in [0.15, 0.2) is 42.5 Å². The molecular weight excluding hydrogens is 390 g/mol. The Balaban J connectivity index is 1.86. The molecule has 0 saturated heterocycles. The summed E-state index contributed by atoms with van der Waals surface area (Å²) in [5.74, 6) is -0.0241. The molecule has 0 fully saturated rings. The lowest BCUT2D eigenvalue weighted by molar-refractivity contribution is -0.131. The van der Waals surface area contributed by atoms with E-state index in [1.165, 1.54) is 50.7 Å². The molecule has 0 aromatic heterocycles. The summed E-state index contributed by atoms with van der Waals surface area (Å²) in [5, 5.41) is 28.6. The van der Waals surface area contributed by atoms with Crippen LogP contribution in [0, 0.1) is 0 Å². The number of phenols is 3. The molecule has 5 nitrogen and oxygen atoms in total. The molecule has 2 aromatic carbocycles. The zero-order valence-corrected chi connectivity index (χ0v) is 18.7. The number of unbranched alkanes of at least 4 members (excludes halogenated alkanes) is 7. The van der Waals surface area contributed by atoms with Gasteiger partial charge in [-0.2, -0.15) is 0 Å². The predicted molar refractivity (Wildman–Crippen MR) is 124 cm³/mol. The van der Waals surface area contributed by atoms with Gasteiger partial charge in [0.15, 0.2) is 11.5 Å². The molecule has 3 N–H and O–H groups in total. The Morgan fingerprint density at radius 2 is 1.39 bits per heavy atom. The molecule has 31 heavy (non-hydrogen) atoms. The monoisotopic (exact) mass is 427 g/mol. The number of rotatable bonds is 14. The van der Waals surface area contributed by atoms with Crippen molar-refractivity contribution >= 4 is 5.91 Å². The van der Waals surface area contributed by atoms with Gasteiger partial charge in [-0.3, -0.25) is 4.79 Å². The van der Waals surface area contributed by atoms with Crippen LogP contribution in [0.3, 0.4) is 0 Å². The van der Waals surface area contributed by atoms with E-state index in [1.54, 1.807) is 18.2 Å². The van der Waals surface area contributed by atoms with Crippen molar-refractivity contribution in [2.24, 2.45) is 0 Å². The minimum Gasteiger partial charge on any atom is -0.508 e. The summed E-state index contributed by atoms with van der Waals surface area (Å²) in [7, 11) is 0. The number of phenolic OH excluding ortho intramolecular Hbond substituents is 3. The smallest absolute Gasteiger partial charge is 0.223 e. The van der Waals surface area contributed by atoms with E-state index in [4.69, 9.17) is 0 Å². The number of amides is 1. The Kier molecular flexibility index (Phi) is 10.8. The van der Waals surface area contributed by atoms with Crippen LogP contribution >= 0.6 is 0 Å². The number of nitrogens with zero attached hydrogens (tertiary/aromatic N) is 1. The maximum Gasteiger partial charge on any atom is 0.223 e. The van der Waals surface area contributed by atoms with E-state index in [0.717, 1.165) is 30.5 Å². The lowest BCUT2D eigenvalue weighted by atomic mass is 10.1. The van der Waals surface area contributed by atoms with Crippen molar-refractivity contribution in [3.05, 3.63) is 53.6 Å². The minimum absolute atomic E-state index is 0.0728. The van der Waals surface area contributed by atoms with Crippen molar-refractivity contribution in [1.29, 1.82) is 0 Å². The van der Waals surface area contributed by atoms with E-state index in [0.29, 0.717) is 19.4 Å². The topological polar surface area (TPSA) is 81.0 Å². The zero-order chi connectivity index (χ0) is 22.5. The van der Waals surface area contributed by atoms with Gasteiger partial charge in [0.2, 0.25) is 5.91 Å². The largest absolute Gasteiger partial charge is 0.508 e. The first-order valence-electron chi connectivity index (χ1n) is 11.6. The van der Waals surface area contributed by atoms with Gasteiger partial charge in [0.1, 0.15) is 5.75 Å². The summed E-state index contributed by atoms with van der Waals surface area (Å²) in [6, 6.07) is 11.7. The molecule has 0 heterocycles. The molecule has 0 aliphatic carbocycles. The number of hydrogen-bond acceptors (Lipinski definition) is 4. The van der Waals surface area contributed by atoms with Gasteiger partial charge in [-0.1, -0.05) is 70.1 Å². The molecule has 170 valence electrons. The molecule has 0 aliphatic rings. The molecule has 0 unspecified atom stereocenters. The van der Waals surface area contributed by atoms with Crippen molar-refractivity contribution in [1.82, 2.24) is 4.90 Å². The van der Waals surface area contributed by atoms with Gasteiger partial charge in [0.05, 0.1) is 0 Å². The molecule has 0 saturated carbocycles. The molecule has 1 amide bonds. The van der Waals surface area contributed by atoms with Gasteiger partial charge in [-0.05, 0) is 48.2 Å². The number of hydrogen-bond donors (Lipinski definition) is 3. The maximum absolute atomic E-state index is 12.9. The van der Waals surface area contributed by atoms with Crippen molar-refractivity contribution in [3.8, 4) is 17.2 Å². The van der Waals surface area contributed by atoms with Crippen molar-refractivity contribution in [2.45, 2.75) is 77.7 Å². The van der Waals surface area contributed by atoms with E-state index < -0.39 is 0 Å². The third-order valence-electron chi connectivity index (χ3n) is 5.61. The second kappa shape index (κ2) is 13.6. The summed E-state index contributed by atoms with van der Waals surface area (Å²) < 4.78 is 0. The number of aryl methyl sites for hydroxylation is 1. The first-order valence-corrected chi connectivity index (χ1v) is 11.6. The van der Waals surface area contributed by atoms with Gasteiger partial charge >= 0.3 is 0 Å². The Morgan fingerprint density at radius 1 is 0.774 bits per heavy atom. The molecule has 0 bridgehead atoms. The molecule has 0 aliphatic heterocycles. The zero-order valence-electron chi connectivity index (χ0n) is 18.7. The highest BCUT2D eigenvalue weighted by atomic mass is 16.3. The molecule has 2 rings (SSSR count). The highest BCUT2D eigenvalue weighted by Gasteiger charge is 2.14. The average molecular weight is 428 g/mol. The summed E-state index contributed by atoms with van der Waals surface area (Å²) in [4.78, 5) is 14.8. The highest BCUT2D eigenvalue weighted by Crippen LogP contribution is 2.25. The van der Waals surface area contributed by atoms with Crippen LogP contribution in [-0.2, 0) is 17.8 Å². The Hall–Kier alpha value is -2.69. The third kappa shape index (κ3) is 9.33. The van der Waals surface area contributed by atoms with Crippen molar-refractivity contribution in [3.63, 3.8) is 0 Å². The van der Waals surface area contributed by atoms with Crippen LogP contribution in [0.2, 0.25) is 0 Å². The second-order valence-electron chi connectivity index (χ2n) is 8.28. The molecule has 0 atom stereocenters. The van der Waals surface area contributed by atoms with Gasteiger partial charge in [0, 0.05) is 19.5 Å². The van der Waals surface area contributed by atoms with Crippen LogP contribution in [0.1, 0.15) is 75.8 Å². The number of carbonyl (C=O) groups is 1. The summed E-state index contributed by atoms with van der Waals surface area (Å²) in [6.07, 6.45) is 10.6. The normalized spacial score (nSPS) is 10.9. The van der Waals surface area contributed by atoms with Gasteiger partial charge in [-0.15, -0.1) is 0 Å². The number of benzene rings is 2. The molecule has 0 spiro atoms. The predicted octanol–water partition coefficient (Wildman–Crippen LogP) is 5.91. The molecule has 0 radical (unpaired) electrons. The van der Waals surface area contributed by atoms with E-state index in [2.05, 4.69) is 6.92 Å². The Morgan fingerprint density at radius 3 is 2.03 bits per heavy atom. The molecule has 2 aromatic rings. The quantitative estimate of drug-likeness (QED) is 0.259. The van der Waals surface area contributed by atoms with E-state index in [1.807, 2.05) is 17.0 Å². The van der Waals surface area contributed by atoms with Gasteiger partial charge in [0.25, 0.3) is 0 Å². The maximum atomic E-state index is 12.9. The number of aromatic hydroxyl groups is 3. The van der Waals surface area contributed by atoms with E-state index >= 15 is 0 Å². The first-order chi connectivity index (χ1) is 15.0. The molecule has 5 heteroatoms. The van der Waals surface area contributed by atoms with Crippen molar-refractivity contribution < 1.29 is 20.1 Å². The minimum atomic E-state index is -0.162. The van der Waals surface area contributed by atoms with Gasteiger partial charge in [-0.25, -0.2) is 0 Å². The fourth-order valence-corrected chi connectivity index (χ4v) is 3.68. The summed E-state index contributed by atoms with van der Waals surface area (Å²) in [5.41, 5.74) is 1.81. The standard InChI is InChI=1S/C26H37NO4/c1-2-3-4-5-6-7-8-9-18-27(20-22-10-14-23(28)15-11-22)26(31)17-13-21-12-16-24(29)25(30)19-21/h10-12,14-16,19,28-30H,2-9,13,17-18,20H2,1H3. The Bertz CT molecular complexity index is 788. The van der Waals surface area contributed by atoms with Crippen molar-refractivity contribution in [2.75, 3.05) is 6.54 Å². The fraction of sp³-hybridized carbons (Fsp3) is 0.500. The molecular formula is C26H37NO4. The Labute approximate surface area is 186 Å². The highest BCUT2D eigenvalue weighted by molar-refractivity contribution is 5.76. The SMILES string of the molecule is CCCCCCCCCCN(Cc1ccc(O)cc1)C(=O)CCc1ccc(O)c(O)c1. The van der Waals surface area contributed by atoms with Crippen LogP contribution in [0.25, 0.3) is 0 Å². The van der Waals surface area contributed by atoms with Crippen LogP contribution < -0.4 is 0 Å². The van der Waals surface area contributed by atoms with Gasteiger partial charge < -0.3 is 20.2 Å². The lowest BCUT2D eigenvalue weighted by Crippen LogP contribution is -2.31. The lowest BCUT2D eigenvalue weighted by Gasteiger charge is -2.23. The fourth-order valence-electron chi connectivity index (χ4n) is 3.68. The van der Waals surface area contributed by atoms with Crippen LogP contribution in [-0.4, -0.2) is 32.7 Å².